The fourth-order valence-electron chi connectivity index (χ4n) is 4.28. The van der Waals surface area contributed by atoms with Gasteiger partial charge in [0.2, 0.25) is 0 Å². The van der Waals surface area contributed by atoms with Crippen molar-refractivity contribution in [3.63, 3.8) is 0 Å². The van der Waals surface area contributed by atoms with Crippen LogP contribution in [0.15, 0.2) is 6.33 Å². The Bertz CT molecular complexity index is 793. The first-order valence-corrected chi connectivity index (χ1v) is 10.2. The smallest absolute Gasteiger partial charge is 0.305 e. The number of carbonyl (C=O) groups is 1. The minimum atomic E-state index is -0.695. The molecule has 3 aliphatic rings. The van der Waals surface area contributed by atoms with Crippen molar-refractivity contribution >= 4 is 23.3 Å². The number of methoxy groups -OCH3 is 1. The van der Waals surface area contributed by atoms with Crippen molar-refractivity contribution in [2.75, 3.05) is 49.9 Å². The predicted octanol–water partition coefficient (Wildman–Crippen LogP) is 0.378. The summed E-state index contributed by atoms with van der Waals surface area (Å²) in [6.07, 6.45) is 1.53. The predicted molar refractivity (Wildman–Crippen MR) is 109 cm³/mol. The fraction of sp³-hybridized carbons (Fsp3) is 0.737. The van der Waals surface area contributed by atoms with E-state index in [-0.39, 0.29) is 30.5 Å². The summed E-state index contributed by atoms with van der Waals surface area (Å²) in [4.78, 5) is 23.9. The van der Waals surface area contributed by atoms with Crippen LogP contribution in [-0.4, -0.2) is 85.1 Å². The standard InChI is InChI=1S/C19H30N6O5/c1-19(2)29-14-11(8-24(3)7-5-6-12(26)27-4)28-18(15(14)30-19)25-10-23-13-16(20)21-9-22-17(13)25/h9,11,14-15,18,23H,5-8,10H2,1-4H3,(H2,20,21,22)/t11?,14-,15-,18?/m1/s1. The van der Waals surface area contributed by atoms with Gasteiger partial charge in [-0.15, -0.1) is 0 Å². The number of rotatable bonds is 7. The molecule has 1 aromatic rings. The molecule has 0 bridgehead atoms. The molecule has 0 aliphatic carbocycles. The summed E-state index contributed by atoms with van der Waals surface area (Å²) in [5.74, 6) is 0.214. The van der Waals surface area contributed by atoms with Crippen molar-refractivity contribution in [3.05, 3.63) is 6.33 Å². The largest absolute Gasteiger partial charge is 0.469 e. The van der Waals surface area contributed by atoms with E-state index in [0.29, 0.717) is 37.0 Å². The van der Waals surface area contributed by atoms with E-state index >= 15 is 0 Å². The maximum absolute atomic E-state index is 11.3. The highest BCUT2D eigenvalue weighted by Gasteiger charge is 2.57. The minimum Gasteiger partial charge on any atom is -0.469 e. The van der Waals surface area contributed by atoms with Crippen LogP contribution in [-0.2, 0) is 23.7 Å². The van der Waals surface area contributed by atoms with Crippen molar-refractivity contribution < 1.29 is 23.7 Å². The van der Waals surface area contributed by atoms with E-state index in [1.807, 2.05) is 25.8 Å². The fourth-order valence-corrected chi connectivity index (χ4v) is 4.28. The maximum atomic E-state index is 11.3. The zero-order valence-electron chi connectivity index (χ0n) is 17.8. The zero-order valence-corrected chi connectivity index (χ0v) is 17.8. The van der Waals surface area contributed by atoms with Crippen molar-refractivity contribution in [2.45, 2.75) is 57.0 Å². The first-order valence-electron chi connectivity index (χ1n) is 10.2. The van der Waals surface area contributed by atoms with Crippen LogP contribution < -0.4 is 16.0 Å². The molecule has 0 amide bonds. The lowest BCUT2D eigenvalue weighted by Crippen LogP contribution is -2.44. The van der Waals surface area contributed by atoms with Crippen LogP contribution in [0.5, 0.6) is 0 Å². The van der Waals surface area contributed by atoms with E-state index in [1.165, 1.54) is 13.4 Å². The molecule has 4 heterocycles. The normalized spacial score (nSPS) is 29.0. The number of aromatic nitrogens is 2. The molecule has 11 nitrogen and oxygen atoms in total. The molecule has 3 aliphatic heterocycles. The number of nitrogen functional groups attached to an aromatic ring is 1. The summed E-state index contributed by atoms with van der Waals surface area (Å²) in [5, 5.41) is 3.24. The van der Waals surface area contributed by atoms with Crippen molar-refractivity contribution in [3.8, 4) is 0 Å². The topological polar surface area (TPSA) is 124 Å². The first kappa shape index (κ1) is 21.0. The Labute approximate surface area is 175 Å². The van der Waals surface area contributed by atoms with Crippen LogP contribution in [0.2, 0.25) is 0 Å². The highest BCUT2D eigenvalue weighted by Crippen LogP contribution is 2.43. The molecule has 1 aromatic heterocycles. The average Bonchev–Trinajstić information content (AvgIpc) is 3.34. The van der Waals surface area contributed by atoms with E-state index in [2.05, 4.69) is 20.2 Å². The molecule has 4 atom stereocenters. The number of hydrogen-bond acceptors (Lipinski definition) is 11. The summed E-state index contributed by atoms with van der Waals surface area (Å²) < 4.78 is 23.5. The van der Waals surface area contributed by atoms with Gasteiger partial charge in [-0.05, 0) is 33.9 Å². The number of carbonyl (C=O) groups excluding carboxylic acids is 1. The van der Waals surface area contributed by atoms with Crippen LogP contribution in [0.1, 0.15) is 26.7 Å². The van der Waals surface area contributed by atoms with Crippen molar-refractivity contribution in [1.82, 2.24) is 14.9 Å². The molecular formula is C19H30N6O5. The number of nitrogens with one attached hydrogen (secondary N) is 1. The van der Waals surface area contributed by atoms with Gasteiger partial charge in [-0.25, -0.2) is 9.97 Å². The lowest BCUT2D eigenvalue weighted by Gasteiger charge is -2.30. The minimum absolute atomic E-state index is 0.187. The van der Waals surface area contributed by atoms with Crippen molar-refractivity contribution in [1.29, 1.82) is 0 Å². The molecule has 4 rings (SSSR count). The Hall–Kier alpha value is -2.21. The molecule has 0 radical (unpaired) electrons. The lowest BCUT2D eigenvalue weighted by molar-refractivity contribution is -0.188. The van der Waals surface area contributed by atoms with Crippen LogP contribution in [0, 0.1) is 0 Å². The zero-order chi connectivity index (χ0) is 21.5. The van der Waals surface area contributed by atoms with Gasteiger partial charge in [0.25, 0.3) is 0 Å². The summed E-state index contributed by atoms with van der Waals surface area (Å²) in [5.41, 5.74) is 6.68. The number of likely N-dealkylation sites (N-methyl/N-ethyl adjacent to an activating group) is 1. The van der Waals surface area contributed by atoms with E-state index in [9.17, 15) is 4.79 Å². The van der Waals surface area contributed by atoms with Gasteiger partial charge in [0.15, 0.2) is 23.7 Å². The number of nitrogens with two attached hydrogens (primary N) is 1. The van der Waals surface area contributed by atoms with Gasteiger partial charge >= 0.3 is 5.97 Å². The van der Waals surface area contributed by atoms with E-state index in [4.69, 9.17) is 24.7 Å². The summed E-state index contributed by atoms with van der Waals surface area (Å²) in [6.45, 7) is 5.72. The summed E-state index contributed by atoms with van der Waals surface area (Å²) >= 11 is 0. The third-order valence-electron chi connectivity index (χ3n) is 5.63. The third kappa shape index (κ3) is 4.02. The second-order valence-electron chi connectivity index (χ2n) is 8.33. The van der Waals surface area contributed by atoms with Gasteiger partial charge in [0.1, 0.15) is 30.3 Å². The quantitative estimate of drug-likeness (QED) is 0.592. The highest BCUT2D eigenvalue weighted by atomic mass is 16.8. The molecule has 0 aromatic carbocycles. The van der Waals surface area contributed by atoms with Gasteiger partial charge < -0.3 is 39.8 Å². The Kier molecular flexibility index (Phi) is 5.71. The Morgan fingerprint density at radius 1 is 1.40 bits per heavy atom. The molecule has 11 heteroatoms. The number of nitrogens with zero attached hydrogens (tertiary/aromatic N) is 4. The van der Waals surface area contributed by atoms with Gasteiger partial charge in [-0.1, -0.05) is 0 Å². The molecule has 3 N–H and O–H groups in total. The Balaban J connectivity index is 1.46. The molecule has 2 fully saturated rings. The number of ether oxygens (including phenoxy) is 4. The Morgan fingerprint density at radius 2 is 2.17 bits per heavy atom. The second-order valence-corrected chi connectivity index (χ2v) is 8.33. The number of hydrogen-bond donors (Lipinski definition) is 2. The molecule has 166 valence electrons. The first-order chi connectivity index (χ1) is 14.3. The van der Waals surface area contributed by atoms with Gasteiger partial charge in [-0.3, -0.25) is 4.79 Å². The van der Waals surface area contributed by atoms with Crippen LogP contribution in [0.3, 0.4) is 0 Å². The van der Waals surface area contributed by atoms with Gasteiger partial charge in [0.05, 0.1) is 13.8 Å². The van der Waals surface area contributed by atoms with Crippen molar-refractivity contribution in [2.24, 2.45) is 0 Å². The molecule has 0 spiro atoms. The SMILES string of the molecule is COC(=O)CCCN(C)CC1OC(N2CNc3c(N)ncnc32)[C@@H]2OC(C)(C)O[C@H]12. The van der Waals surface area contributed by atoms with Crippen LogP contribution >= 0.6 is 0 Å². The van der Waals surface area contributed by atoms with E-state index in [1.54, 1.807) is 0 Å². The second kappa shape index (κ2) is 8.14. The van der Waals surface area contributed by atoms with Crippen LogP contribution in [0.25, 0.3) is 0 Å². The van der Waals surface area contributed by atoms with Crippen LogP contribution in [0.4, 0.5) is 17.3 Å². The summed E-state index contributed by atoms with van der Waals surface area (Å²) in [6, 6.07) is 0. The number of anilines is 3. The maximum Gasteiger partial charge on any atom is 0.305 e. The van der Waals surface area contributed by atoms with Gasteiger partial charge in [0, 0.05) is 13.0 Å². The van der Waals surface area contributed by atoms with Gasteiger partial charge in [-0.2, -0.15) is 0 Å². The number of esters is 1. The molecular weight excluding hydrogens is 392 g/mol. The monoisotopic (exact) mass is 422 g/mol. The average molecular weight is 422 g/mol. The van der Waals surface area contributed by atoms with E-state index in [0.717, 1.165) is 13.0 Å². The Morgan fingerprint density at radius 3 is 2.93 bits per heavy atom. The lowest BCUT2D eigenvalue weighted by atomic mass is 10.1. The summed E-state index contributed by atoms with van der Waals surface area (Å²) in [7, 11) is 3.41. The molecule has 30 heavy (non-hydrogen) atoms. The molecule has 0 saturated carbocycles. The third-order valence-corrected chi connectivity index (χ3v) is 5.63. The number of fused-ring (bicyclic) bond motifs is 2. The highest BCUT2D eigenvalue weighted by molar-refractivity contribution is 5.80. The van der Waals surface area contributed by atoms with E-state index < -0.39 is 5.79 Å². The molecule has 2 unspecified atom stereocenters. The molecule has 2 saturated heterocycles.